The highest BCUT2D eigenvalue weighted by molar-refractivity contribution is 8.14. The van der Waals surface area contributed by atoms with Crippen LogP contribution in [0.2, 0.25) is 0 Å². The first kappa shape index (κ1) is 31.7. The quantitative estimate of drug-likeness (QED) is 0.0604. The minimum atomic E-state index is -3.14. The van der Waals surface area contributed by atoms with Gasteiger partial charge in [0, 0.05) is 24.6 Å². The lowest BCUT2D eigenvalue weighted by molar-refractivity contribution is -0.384. The van der Waals surface area contributed by atoms with Crippen LogP contribution in [0.3, 0.4) is 0 Å². The molecule has 234 valence electrons. The maximum absolute atomic E-state index is 14.7. The molecule has 10 heteroatoms. The third-order valence-corrected chi connectivity index (χ3v) is 13.2. The van der Waals surface area contributed by atoms with E-state index >= 15 is 0 Å². The Morgan fingerprint density at radius 2 is 1.21 bits per heavy atom. The largest absolute Gasteiger partial charge is 0.456 e. The minimum Gasteiger partial charge on any atom is -0.456 e. The van der Waals surface area contributed by atoms with Crippen molar-refractivity contribution < 1.29 is 24.0 Å². The summed E-state index contributed by atoms with van der Waals surface area (Å²) in [5, 5.41) is 12.8. The van der Waals surface area contributed by atoms with Gasteiger partial charge in [0.2, 0.25) is 11.0 Å². The maximum Gasteiger partial charge on any atom is 0.356 e. The van der Waals surface area contributed by atoms with E-state index in [2.05, 4.69) is 0 Å². The van der Waals surface area contributed by atoms with Crippen LogP contribution >= 0.6 is 18.6 Å². The van der Waals surface area contributed by atoms with Crippen LogP contribution in [-0.4, -0.2) is 37.6 Å². The summed E-state index contributed by atoms with van der Waals surface area (Å²) in [5.74, 6) is -1.00. The van der Waals surface area contributed by atoms with Crippen molar-refractivity contribution in [1.82, 2.24) is 4.90 Å². The van der Waals surface area contributed by atoms with E-state index in [0.717, 1.165) is 27.7 Å². The molecule has 0 N–H and O–H groups in total. The third-order valence-electron chi connectivity index (χ3n) is 7.83. The van der Waals surface area contributed by atoms with E-state index in [1.165, 1.54) is 29.2 Å². The highest BCUT2D eigenvalue weighted by Gasteiger charge is 2.48. The summed E-state index contributed by atoms with van der Waals surface area (Å²) < 4.78 is 6.00. The van der Waals surface area contributed by atoms with Gasteiger partial charge in [-0.05, 0) is 33.6 Å². The van der Waals surface area contributed by atoms with Gasteiger partial charge in [0.1, 0.15) is 12.0 Å². The van der Waals surface area contributed by atoms with Gasteiger partial charge in [-0.3, -0.25) is 24.6 Å². The Bertz CT molecular complexity index is 1870. The summed E-state index contributed by atoms with van der Waals surface area (Å²) in [6.45, 7) is -3.32. The fourth-order valence-electron chi connectivity index (χ4n) is 5.59. The van der Waals surface area contributed by atoms with Gasteiger partial charge in [0.25, 0.3) is 5.69 Å². The number of esters is 1. The highest BCUT2D eigenvalue weighted by atomic mass is 32.2. The molecule has 0 aromatic heterocycles. The van der Waals surface area contributed by atoms with Crippen LogP contribution in [0.25, 0.3) is 0 Å². The molecule has 0 radical (unpaired) electrons. The van der Waals surface area contributed by atoms with Crippen LogP contribution in [0.5, 0.6) is 0 Å². The number of ether oxygens (including phenoxy) is 1. The van der Waals surface area contributed by atoms with Gasteiger partial charge < -0.3 is 4.74 Å². The summed E-state index contributed by atoms with van der Waals surface area (Å²) >= 11 is 1.01. The number of amides is 1. The number of nitro groups is 1. The van der Waals surface area contributed by atoms with Crippen LogP contribution in [0.1, 0.15) is 22.3 Å². The number of nitrogens with zero attached hydrogens (tertiary/aromatic N) is 2. The number of hydrogen-bond acceptors (Lipinski definition) is 7. The van der Waals surface area contributed by atoms with Crippen LogP contribution < -0.4 is 15.9 Å². The van der Waals surface area contributed by atoms with Gasteiger partial charge in [-0.2, -0.15) is 0 Å². The molecule has 0 aliphatic carbocycles. The molecule has 1 saturated heterocycles. The minimum absolute atomic E-state index is 0.0702. The summed E-state index contributed by atoms with van der Waals surface area (Å²) in [5.41, 5.74) is 1.13. The number of rotatable bonds is 10. The van der Waals surface area contributed by atoms with Crippen LogP contribution in [0, 0.1) is 10.1 Å². The number of thioether (sulfide) groups is 1. The Morgan fingerprint density at radius 3 is 1.66 bits per heavy atom. The van der Waals surface area contributed by atoms with E-state index in [4.69, 9.17) is 4.74 Å². The molecule has 0 saturated carbocycles. The second-order valence-electron chi connectivity index (χ2n) is 10.7. The molecule has 5 aromatic rings. The molecule has 5 aromatic carbocycles. The zero-order valence-corrected chi connectivity index (χ0v) is 26.8. The van der Waals surface area contributed by atoms with Crippen LogP contribution in [0.4, 0.5) is 5.69 Å². The fraction of sp³-hybridized carbons (Fsp3) is 0.0811. The molecule has 47 heavy (non-hydrogen) atoms. The van der Waals surface area contributed by atoms with Crippen LogP contribution in [0.15, 0.2) is 146 Å². The van der Waals surface area contributed by atoms with Crippen molar-refractivity contribution >= 4 is 62.7 Å². The van der Waals surface area contributed by atoms with E-state index in [1.807, 2.05) is 97.1 Å². The second-order valence-corrected chi connectivity index (χ2v) is 15.2. The van der Waals surface area contributed by atoms with Gasteiger partial charge in [0.05, 0.1) is 16.7 Å². The van der Waals surface area contributed by atoms with E-state index in [1.54, 1.807) is 24.3 Å². The van der Waals surface area contributed by atoms with Crippen molar-refractivity contribution in [2.45, 2.75) is 18.4 Å². The van der Waals surface area contributed by atoms with Gasteiger partial charge in [-0.1, -0.05) is 133 Å². The topological polar surface area (TPSA) is 107 Å². The number of carbonyl (C=O) groups is 3. The molecule has 0 bridgehead atoms. The van der Waals surface area contributed by atoms with Gasteiger partial charge in [-0.25, -0.2) is 4.79 Å². The van der Waals surface area contributed by atoms with Crippen molar-refractivity contribution in [2.24, 2.45) is 0 Å². The molecule has 1 fully saturated rings. The first-order valence-corrected chi connectivity index (χ1v) is 17.5. The highest BCUT2D eigenvalue weighted by Crippen LogP contribution is 2.49. The number of non-ortho nitro benzene ring substituents is 1. The molecular formula is C37H29N2O6PS. The average Bonchev–Trinajstić information content (AvgIpc) is 3.12. The predicted octanol–water partition coefficient (Wildman–Crippen LogP) is 5.89. The molecule has 0 spiro atoms. The Morgan fingerprint density at radius 1 is 0.745 bits per heavy atom. The number of benzene rings is 5. The lowest BCUT2D eigenvalue weighted by atomic mass is 10.2. The molecule has 6 rings (SSSR count). The van der Waals surface area contributed by atoms with Crippen molar-refractivity contribution in [3.63, 3.8) is 0 Å². The van der Waals surface area contributed by atoms with E-state index in [-0.39, 0.29) is 35.2 Å². The van der Waals surface area contributed by atoms with Crippen molar-refractivity contribution in [1.29, 1.82) is 0 Å². The molecule has 1 heterocycles. The number of likely N-dealkylation sites (tertiary alicyclic amines) is 1. The lowest BCUT2D eigenvalue weighted by Gasteiger charge is -2.44. The standard InChI is InChI=1S/C37H29N2O6PS/c40-33-25-34(47-37(42)28-13-5-1-6-14-28)38(33)35(36(41)45-26-27-21-23-29(24-22-27)39(43)44)46(30-15-7-2-8-16-30,31-17-9-3-10-18-31)32-19-11-4-12-20-32/h1-24,34H,25-26H2/t34-/m1/s1. The van der Waals surface area contributed by atoms with E-state index in [0.29, 0.717) is 11.1 Å². The zero-order chi connectivity index (χ0) is 32.8. The Kier molecular flexibility index (Phi) is 9.47. The molecule has 0 unspecified atom stereocenters. The predicted molar refractivity (Wildman–Crippen MR) is 187 cm³/mol. The number of carbonyl (C=O) groups excluding carboxylic acids is 3. The third kappa shape index (κ3) is 6.41. The second kappa shape index (κ2) is 14.0. The van der Waals surface area contributed by atoms with E-state index in [9.17, 15) is 24.5 Å². The lowest BCUT2D eigenvalue weighted by Crippen LogP contribution is -2.58. The molecule has 1 aliphatic heterocycles. The average molecular weight is 661 g/mol. The monoisotopic (exact) mass is 660 g/mol. The zero-order valence-electron chi connectivity index (χ0n) is 25.0. The molecule has 1 aliphatic rings. The van der Waals surface area contributed by atoms with Gasteiger partial charge in [0.15, 0.2) is 0 Å². The molecule has 1 amide bonds. The summed E-state index contributed by atoms with van der Waals surface area (Å²) in [4.78, 5) is 54.0. The Hall–Kier alpha value is -5.24. The summed E-state index contributed by atoms with van der Waals surface area (Å²) in [6, 6.07) is 43.4. The number of nitro benzene ring substituents is 1. The molecule has 8 nitrogen and oxygen atoms in total. The first-order chi connectivity index (χ1) is 22.9. The van der Waals surface area contributed by atoms with Gasteiger partial charge >= 0.3 is 5.97 Å². The fourth-order valence-corrected chi connectivity index (χ4v) is 11.1. The molecule has 1 atom stereocenters. The normalized spacial score (nSPS) is 14.2. The molecular weight excluding hydrogens is 631 g/mol. The number of β-lactam (4-membered cyclic amide) rings is 1. The van der Waals surface area contributed by atoms with Crippen molar-refractivity contribution in [3.8, 4) is 0 Å². The maximum atomic E-state index is 14.7. The summed E-state index contributed by atoms with van der Waals surface area (Å²) in [6.07, 6.45) is 0.0702. The Labute approximate surface area is 276 Å². The summed E-state index contributed by atoms with van der Waals surface area (Å²) in [7, 11) is 0. The van der Waals surface area contributed by atoms with E-state index < -0.39 is 23.2 Å². The Balaban J connectivity index is 1.57. The smallest absolute Gasteiger partial charge is 0.356 e. The van der Waals surface area contributed by atoms with Crippen LogP contribution in [-0.2, 0) is 20.9 Å². The SMILES string of the molecule is O=C(OCc1ccc([N+](=O)[O-])cc1)C(N1C(=O)C[C@H]1SC(=O)c1ccccc1)=P(c1ccccc1)(c1ccccc1)c1ccccc1. The van der Waals surface area contributed by atoms with Crippen molar-refractivity contribution in [2.75, 3.05) is 0 Å². The first-order valence-electron chi connectivity index (χ1n) is 14.8. The van der Waals surface area contributed by atoms with Crippen molar-refractivity contribution in [3.05, 3.63) is 167 Å². The number of hydrogen-bond donors (Lipinski definition) is 0. The van der Waals surface area contributed by atoms with Gasteiger partial charge in [-0.15, -0.1) is 0 Å².